The highest BCUT2D eigenvalue weighted by atomic mass is 32.2. The van der Waals surface area contributed by atoms with Gasteiger partial charge in [-0.25, -0.2) is 9.97 Å². The second kappa shape index (κ2) is 4.87. The first-order valence-electron chi connectivity index (χ1n) is 6.04. The Bertz CT molecular complexity index is 627. The third kappa shape index (κ3) is 2.00. The molecule has 1 aliphatic carbocycles. The van der Waals surface area contributed by atoms with Gasteiger partial charge in [-0.1, -0.05) is 18.7 Å². The first-order valence-corrected chi connectivity index (χ1v) is 7.84. The molecular weight excluding hydrogens is 262 g/mol. The molecule has 0 bridgehead atoms. The van der Waals surface area contributed by atoms with Gasteiger partial charge in [-0.3, -0.25) is 0 Å². The summed E-state index contributed by atoms with van der Waals surface area (Å²) in [5.74, 6) is 1.22. The Labute approximate surface area is 114 Å². The number of aromatic nitrogens is 2. The summed E-state index contributed by atoms with van der Waals surface area (Å²) in [6, 6.07) is 2.17. The third-order valence-corrected chi connectivity index (χ3v) is 5.35. The molecule has 0 amide bonds. The van der Waals surface area contributed by atoms with E-state index in [1.807, 2.05) is 0 Å². The van der Waals surface area contributed by atoms with Gasteiger partial charge < -0.3 is 0 Å². The fourth-order valence-corrected chi connectivity index (χ4v) is 4.56. The van der Waals surface area contributed by atoms with Gasteiger partial charge >= 0.3 is 0 Å². The molecule has 0 radical (unpaired) electrons. The van der Waals surface area contributed by atoms with Crippen LogP contribution in [0.4, 0.5) is 0 Å². The van der Waals surface area contributed by atoms with Crippen LogP contribution in [0.5, 0.6) is 0 Å². The lowest BCUT2D eigenvalue weighted by Gasteiger charge is -2.17. The van der Waals surface area contributed by atoms with Gasteiger partial charge in [0.1, 0.15) is 16.2 Å². The maximum Gasteiger partial charge on any atom is 0.128 e. The molecule has 2 aromatic rings. The summed E-state index contributed by atoms with van der Waals surface area (Å²) in [5, 5.41) is 10.9. The zero-order valence-electron chi connectivity index (χ0n) is 10.1. The smallest absolute Gasteiger partial charge is 0.128 e. The van der Waals surface area contributed by atoms with Crippen molar-refractivity contribution in [2.24, 2.45) is 5.92 Å². The lowest BCUT2D eigenvalue weighted by molar-refractivity contribution is 0.509. The molecule has 0 saturated carbocycles. The first kappa shape index (κ1) is 11.9. The van der Waals surface area contributed by atoms with Gasteiger partial charge in [0.2, 0.25) is 0 Å². The topological polar surface area (TPSA) is 49.6 Å². The second-order valence-corrected chi connectivity index (χ2v) is 6.71. The van der Waals surface area contributed by atoms with Gasteiger partial charge in [-0.05, 0) is 30.7 Å². The molecule has 1 aliphatic rings. The molecule has 0 N–H and O–H groups in total. The van der Waals surface area contributed by atoms with Crippen LogP contribution < -0.4 is 0 Å². The van der Waals surface area contributed by atoms with Gasteiger partial charge in [0.05, 0.1) is 11.8 Å². The van der Waals surface area contributed by atoms with Crippen molar-refractivity contribution in [1.29, 1.82) is 5.26 Å². The average molecular weight is 275 g/mol. The average Bonchev–Trinajstić information content (AvgIpc) is 2.73. The molecule has 0 unspecified atom stereocenters. The van der Waals surface area contributed by atoms with E-state index in [1.54, 1.807) is 17.7 Å². The fourth-order valence-electron chi connectivity index (χ4n) is 2.46. The van der Waals surface area contributed by atoms with Crippen LogP contribution in [0.25, 0.3) is 10.2 Å². The Hall–Kier alpha value is -1.12. The first-order chi connectivity index (χ1) is 8.79. The molecule has 18 heavy (non-hydrogen) atoms. The van der Waals surface area contributed by atoms with E-state index in [2.05, 4.69) is 23.0 Å². The lowest BCUT2D eigenvalue weighted by atomic mass is 9.89. The number of hydrogen-bond acceptors (Lipinski definition) is 5. The predicted octanol–water partition coefficient (Wildman–Crippen LogP) is 3.43. The van der Waals surface area contributed by atoms with Crippen molar-refractivity contribution in [2.45, 2.75) is 31.2 Å². The van der Waals surface area contributed by atoms with Crippen molar-refractivity contribution < 1.29 is 0 Å². The van der Waals surface area contributed by atoms with Crippen molar-refractivity contribution in [3.05, 3.63) is 16.8 Å². The number of hydrogen-bond donors (Lipinski definition) is 0. The maximum atomic E-state index is 8.71. The Balaban J connectivity index is 2.12. The normalized spacial score (nSPS) is 18.6. The van der Waals surface area contributed by atoms with E-state index in [9.17, 15) is 0 Å². The molecule has 2 heterocycles. The Morgan fingerprint density at radius 3 is 3.28 bits per heavy atom. The monoisotopic (exact) mass is 275 g/mol. The summed E-state index contributed by atoms with van der Waals surface area (Å²) >= 11 is 3.33. The number of fused-ring (bicyclic) bond motifs is 3. The molecule has 5 heteroatoms. The van der Waals surface area contributed by atoms with Crippen molar-refractivity contribution in [3.63, 3.8) is 0 Å². The summed E-state index contributed by atoms with van der Waals surface area (Å²) in [7, 11) is 0. The highest BCUT2D eigenvalue weighted by Gasteiger charge is 2.22. The molecule has 0 aliphatic heterocycles. The van der Waals surface area contributed by atoms with E-state index in [0.29, 0.717) is 5.75 Å². The standard InChI is InChI=1S/C13H13N3S2/c1-8-2-3-9-10(6-8)18-13-11(9)12(15-7-16-13)17-5-4-14/h7-8H,2-3,5-6H2,1H3/t8-/m1/s1. The van der Waals surface area contributed by atoms with Gasteiger partial charge in [0.15, 0.2) is 0 Å². The Morgan fingerprint density at radius 1 is 1.56 bits per heavy atom. The van der Waals surface area contributed by atoms with E-state index in [-0.39, 0.29) is 0 Å². The van der Waals surface area contributed by atoms with Crippen LogP contribution in [0.3, 0.4) is 0 Å². The van der Waals surface area contributed by atoms with E-state index < -0.39 is 0 Å². The van der Waals surface area contributed by atoms with E-state index in [1.165, 1.54) is 40.4 Å². The molecule has 2 aromatic heterocycles. The van der Waals surface area contributed by atoms with Gasteiger partial charge in [0.25, 0.3) is 0 Å². The quantitative estimate of drug-likeness (QED) is 0.622. The summed E-state index contributed by atoms with van der Waals surface area (Å²) in [6.45, 7) is 2.31. The molecule has 0 saturated heterocycles. The second-order valence-electron chi connectivity index (χ2n) is 4.66. The third-order valence-electron chi connectivity index (χ3n) is 3.33. The number of thioether (sulfide) groups is 1. The fraction of sp³-hybridized carbons (Fsp3) is 0.462. The Morgan fingerprint density at radius 2 is 2.44 bits per heavy atom. The largest absolute Gasteiger partial charge is 0.229 e. The lowest BCUT2D eigenvalue weighted by Crippen LogP contribution is -2.08. The highest BCUT2D eigenvalue weighted by Crippen LogP contribution is 2.40. The number of nitriles is 1. The summed E-state index contributed by atoms with van der Waals surface area (Å²) < 4.78 is 0. The van der Waals surface area contributed by atoms with Gasteiger partial charge in [-0.2, -0.15) is 5.26 Å². The molecule has 0 fully saturated rings. The zero-order chi connectivity index (χ0) is 12.5. The van der Waals surface area contributed by atoms with E-state index in [4.69, 9.17) is 5.26 Å². The van der Waals surface area contributed by atoms with Crippen LogP contribution in [-0.4, -0.2) is 15.7 Å². The maximum absolute atomic E-state index is 8.71. The van der Waals surface area contributed by atoms with Crippen LogP contribution in [0.15, 0.2) is 11.4 Å². The van der Waals surface area contributed by atoms with Crippen molar-refractivity contribution in [3.8, 4) is 6.07 Å². The number of thiophene rings is 1. The molecule has 0 spiro atoms. The minimum absolute atomic E-state index is 0.452. The number of aryl methyl sites for hydroxylation is 1. The molecular formula is C13H13N3S2. The zero-order valence-corrected chi connectivity index (χ0v) is 11.8. The molecule has 3 nitrogen and oxygen atoms in total. The van der Waals surface area contributed by atoms with Crippen LogP contribution >= 0.6 is 23.1 Å². The van der Waals surface area contributed by atoms with Crippen LogP contribution in [0.2, 0.25) is 0 Å². The van der Waals surface area contributed by atoms with E-state index >= 15 is 0 Å². The van der Waals surface area contributed by atoms with Crippen molar-refractivity contribution in [2.75, 3.05) is 5.75 Å². The van der Waals surface area contributed by atoms with Crippen molar-refractivity contribution >= 4 is 33.3 Å². The molecule has 92 valence electrons. The predicted molar refractivity (Wildman–Crippen MR) is 74.9 cm³/mol. The van der Waals surface area contributed by atoms with Crippen molar-refractivity contribution in [1.82, 2.24) is 9.97 Å². The van der Waals surface area contributed by atoms with Crippen LogP contribution in [-0.2, 0) is 12.8 Å². The summed E-state index contributed by atoms with van der Waals surface area (Å²) in [4.78, 5) is 11.3. The molecule has 3 rings (SSSR count). The van der Waals surface area contributed by atoms with Gasteiger partial charge in [0, 0.05) is 10.3 Å². The minimum Gasteiger partial charge on any atom is -0.229 e. The minimum atomic E-state index is 0.452. The van der Waals surface area contributed by atoms with Crippen LogP contribution in [0.1, 0.15) is 23.8 Å². The SMILES string of the molecule is C[C@@H]1CCc2c(sc3ncnc(SCC#N)c23)C1. The number of rotatable bonds is 2. The summed E-state index contributed by atoms with van der Waals surface area (Å²) in [5.41, 5.74) is 1.44. The number of nitrogens with zero attached hydrogens (tertiary/aromatic N) is 3. The van der Waals surface area contributed by atoms with Crippen LogP contribution in [0, 0.1) is 17.2 Å². The molecule has 0 aromatic carbocycles. The summed E-state index contributed by atoms with van der Waals surface area (Å²) in [6.07, 6.45) is 5.16. The van der Waals surface area contributed by atoms with E-state index in [0.717, 1.165) is 22.2 Å². The molecule has 1 atom stereocenters. The Kier molecular flexibility index (Phi) is 3.23. The van der Waals surface area contributed by atoms with Gasteiger partial charge in [-0.15, -0.1) is 11.3 Å². The highest BCUT2D eigenvalue weighted by molar-refractivity contribution is 7.99.